The molecule has 0 bridgehead atoms. The monoisotopic (exact) mass is 273 g/mol. The van der Waals surface area contributed by atoms with Crippen LogP contribution in [0.3, 0.4) is 0 Å². The summed E-state index contributed by atoms with van der Waals surface area (Å²) in [6.07, 6.45) is 6.64. The molecule has 1 aliphatic carbocycles. The third-order valence-electron chi connectivity index (χ3n) is 3.07. The van der Waals surface area contributed by atoms with Gasteiger partial charge in [-0.1, -0.05) is 12.8 Å². The van der Waals surface area contributed by atoms with Crippen molar-refractivity contribution in [2.75, 3.05) is 12.8 Å². The lowest BCUT2D eigenvalue weighted by atomic mass is 9.92. The van der Waals surface area contributed by atoms with E-state index in [-0.39, 0.29) is 12.1 Å². The molecule has 15 heavy (non-hydrogen) atoms. The summed E-state index contributed by atoms with van der Waals surface area (Å²) in [5, 5.41) is 4.30. The van der Waals surface area contributed by atoms with Crippen LogP contribution in [0.1, 0.15) is 31.7 Å². The Morgan fingerprint density at radius 2 is 2.27 bits per heavy atom. The maximum atomic E-state index is 5.95. The van der Waals surface area contributed by atoms with Gasteiger partial charge in [-0.15, -0.1) is 0 Å². The number of nitrogens with zero attached hydrogens (tertiary/aromatic N) is 2. The maximum Gasteiger partial charge on any atom is 0.136 e. The van der Waals surface area contributed by atoms with Crippen molar-refractivity contribution in [2.45, 2.75) is 37.8 Å². The molecule has 0 aromatic carbocycles. The third kappa shape index (κ3) is 2.03. The van der Waals surface area contributed by atoms with Gasteiger partial charge >= 0.3 is 0 Å². The van der Waals surface area contributed by atoms with Gasteiger partial charge in [-0.3, -0.25) is 0 Å². The van der Waals surface area contributed by atoms with E-state index in [1.54, 1.807) is 13.3 Å². The third-order valence-corrected chi connectivity index (χ3v) is 3.68. The minimum atomic E-state index is 0.243. The largest absolute Gasteiger partial charge is 0.383 e. The highest BCUT2D eigenvalue weighted by molar-refractivity contribution is 9.10. The van der Waals surface area contributed by atoms with Crippen LogP contribution in [0.15, 0.2) is 10.7 Å². The molecule has 1 heterocycles. The number of aromatic nitrogens is 2. The molecule has 1 saturated carbocycles. The Morgan fingerprint density at radius 3 is 2.87 bits per heavy atom. The smallest absolute Gasteiger partial charge is 0.136 e. The first-order valence-corrected chi connectivity index (χ1v) is 6.04. The van der Waals surface area contributed by atoms with E-state index in [1.165, 1.54) is 12.8 Å². The molecule has 0 radical (unpaired) electrons. The minimum Gasteiger partial charge on any atom is -0.383 e. The summed E-state index contributed by atoms with van der Waals surface area (Å²) in [6.45, 7) is 0. The summed E-state index contributed by atoms with van der Waals surface area (Å²) in [5.41, 5.74) is 5.95. The normalized spacial score (nSPS) is 26.8. The molecular weight excluding hydrogens is 258 g/mol. The number of halogens is 1. The van der Waals surface area contributed by atoms with Gasteiger partial charge in [0.15, 0.2) is 0 Å². The van der Waals surface area contributed by atoms with Gasteiger partial charge in [0, 0.05) is 7.11 Å². The standard InChI is InChI=1S/C10H16BrN3O/c1-15-9-5-3-2-4-8(9)14-10(12)7(11)6-13-14/h6,8-9H,2-5,12H2,1H3. The Kier molecular flexibility index (Phi) is 3.31. The van der Waals surface area contributed by atoms with Crippen molar-refractivity contribution >= 4 is 21.7 Å². The molecule has 1 aromatic rings. The summed E-state index contributed by atoms with van der Waals surface area (Å²) < 4.78 is 8.24. The Labute approximate surface area is 97.9 Å². The Balaban J connectivity index is 2.24. The Hall–Kier alpha value is -0.550. The average Bonchev–Trinajstić information content (AvgIpc) is 2.60. The van der Waals surface area contributed by atoms with E-state index in [2.05, 4.69) is 21.0 Å². The van der Waals surface area contributed by atoms with Gasteiger partial charge in [0.1, 0.15) is 5.82 Å². The van der Waals surface area contributed by atoms with Crippen LogP contribution in [-0.4, -0.2) is 23.0 Å². The topological polar surface area (TPSA) is 53.1 Å². The van der Waals surface area contributed by atoms with Crippen LogP contribution >= 0.6 is 15.9 Å². The molecular formula is C10H16BrN3O. The molecule has 0 spiro atoms. The van der Waals surface area contributed by atoms with E-state index in [4.69, 9.17) is 10.5 Å². The quantitative estimate of drug-likeness (QED) is 0.900. The first kappa shape index (κ1) is 11.0. The second-order valence-electron chi connectivity index (χ2n) is 3.95. The number of ether oxygens (including phenoxy) is 1. The molecule has 1 fully saturated rings. The second-order valence-corrected chi connectivity index (χ2v) is 4.80. The number of rotatable bonds is 2. The number of nitrogen functional groups attached to an aromatic ring is 1. The molecule has 1 aliphatic rings. The number of hydrogen-bond donors (Lipinski definition) is 1. The van der Waals surface area contributed by atoms with Gasteiger partial charge in [-0.25, -0.2) is 4.68 Å². The van der Waals surface area contributed by atoms with Crippen LogP contribution in [0.25, 0.3) is 0 Å². The van der Waals surface area contributed by atoms with Crippen molar-refractivity contribution in [3.8, 4) is 0 Å². The highest BCUT2D eigenvalue weighted by Gasteiger charge is 2.28. The van der Waals surface area contributed by atoms with E-state index in [0.29, 0.717) is 5.82 Å². The highest BCUT2D eigenvalue weighted by atomic mass is 79.9. The summed E-state index contributed by atoms with van der Waals surface area (Å²) >= 11 is 3.38. The first-order valence-electron chi connectivity index (χ1n) is 5.25. The van der Waals surface area contributed by atoms with E-state index < -0.39 is 0 Å². The molecule has 84 valence electrons. The van der Waals surface area contributed by atoms with E-state index in [9.17, 15) is 0 Å². The van der Waals surface area contributed by atoms with Crippen LogP contribution in [0.2, 0.25) is 0 Å². The minimum absolute atomic E-state index is 0.243. The fourth-order valence-corrected chi connectivity index (χ4v) is 2.52. The highest BCUT2D eigenvalue weighted by Crippen LogP contribution is 2.33. The number of nitrogens with two attached hydrogens (primary N) is 1. The van der Waals surface area contributed by atoms with E-state index in [0.717, 1.165) is 17.3 Å². The summed E-state index contributed by atoms with van der Waals surface area (Å²) in [4.78, 5) is 0. The average molecular weight is 274 g/mol. The van der Waals surface area contributed by atoms with Gasteiger partial charge in [0.05, 0.1) is 22.8 Å². The van der Waals surface area contributed by atoms with Crippen molar-refractivity contribution in [3.63, 3.8) is 0 Å². The summed E-state index contributed by atoms with van der Waals surface area (Å²) in [6, 6.07) is 0.287. The molecule has 2 unspecified atom stereocenters. The fourth-order valence-electron chi connectivity index (χ4n) is 2.25. The molecule has 1 aromatic heterocycles. The fraction of sp³-hybridized carbons (Fsp3) is 0.700. The first-order chi connectivity index (χ1) is 7.24. The molecule has 2 rings (SSSR count). The molecule has 2 N–H and O–H groups in total. The van der Waals surface area contributed by atoms with Gasteiger partial charge in [0.2, 0.25) is 0 Å². The van der Waals surface area contributed by atoms with Crippen molar-refractivity contribution in [1.29, 1.82) is 0 Å². The van der Waals surface area contributed by atoms with Crippen LogP contribution < -0.4 is 5.73 Å². The molecule has 0 saturated heterocycles. The SMILES string of the molecule is COC1CCCCC1n1ncc(Br)c1N. The van der Waals surface area contributed by atoms with Crippen molar-refractivity contribution in [1.82, 2.24) is 9.78 Å². The molecule has 5 heteroatoms. The number of anilines is 1. The predicted octanol–water partition coefficient (Wildman–Crippen LogP) is 2.36. The molecule has 0 amide bonds. The zero-order valence-corrected chi connectivity index (χ0v) is 10.4. The lowest BCUT2D eigenvalue weighted by Crippen LogP contribution is -2.30. The summed E-state index contributed by atoms with van der Waals surface area (Å²) in [5.74, 6) is 0.698. The Bertz CT molecular complexity index is 339. The van der Waals surface area contributed by atoms with Crippen LogP contribution in [0, 0.1) is 0 Å². The van der Waals surface area contributed by atoms with Crippen molar-refractivity contribution < 1.29 is 4.74 Å². The van der Waals surface area contributed by atoms with Gasteiger partial charge in [-0.05, 0) is 28.8 Å². The van der Waals surface area contributed by atoms with Crippen molar-refractivity contribution in [2.24, 2.45) is 0 Å². The number of methoxy groups -OCH3 is 1. The van der Waals surface area contributed by atoms with Crippen LogP contribution in [-0.2, 0) is 4.74 Å². The van der Waals surface area contributed by atoms with Gasteiger partial charge in [0.25, 0.3) is 0 Å². The molecule has 4 nitrogen and oxygen atoms in total. The van der Waals surface area contributed by atoms with Gasteiger partial charge in [-0.2, -0.15) is 5.10 Å². The molecule has 2 atom stereocenters. The zero-order chi connectivity index (χ0) is 10.8. The molecule has 0 aliphatic heterocycles. The van der Waals surface area contributed by atoms with E-state index >= 15 is 0 Å². The van der Waals surface area contributed by atoms with Crippen LogP contribution in [0.4, 0.5) is 5.82 Å². The van der Waals surface area contributed by atoms with Crippen molar-refractivity contribution in [3.05, 3.63) is 10.7 Å². The van der Waals surface area contributed by atoms with E-state index in [1.807, 2.05) is 4.68 Å². The maximum absolute atomic E-state index is 5.95. The zero-order valence-electron chi connectivity index (χ0n) is 8.82. The lowest BCUT2D eigenvalue weighted by molar-refractivity contribution is 0.0254. The lowest BCUT2D eigenvalue weighted by Gasteiger charge is -2.31. The number of hydrogen-bond acceptors (Lipinski definition) is 3. The predicted molar refractivity (Wildman–Crippen MR) is 62.6 cm³/mol. The second kappa shape index (κ2) is 4.53. The summed E-state index contributed by atoms with van der Waals surface area (Å²) in [7, 11) is 1.76. The van der Waals surface area contributed by atoms with Crippen LogP contribution in [0.5, 0.6) is 0 Å². The Morgan fingerprint density at radius 1 is 1.53 bits per heavy atom. The van der Waals surface area contributed by atoms with Gasteiger partial charge < -0.3 is 10.5 Å².